The SMILES string of the molecule is C[C@H]1C[C@H](C)CN(CC(=O)N(C)c2c(N)n(Cc3ccccc3)c(=O)[nH]c2=O)C1. The van der Waals surface area contributed by atoms with E-state index < -0.39 is 11.2 Å². The zero-order valence-corrected chi connectivity index (χ0v) is 17.2. The summed E-state index contributed by atoms with van der Waals surface area (Å²) < 4.78 is 1.28. The standard InChI is InChI=1S/C21H29N5O3/c1-14-9-15(2)11-25(10-14)13-17(27)24(3)18-19(22)26(21(29)23-20(18)28)12-16-7-5-4-6-8-16/h4-8,14-15H,9-13,22H2,1-3H3,(H,23,28,29)/t14-,15-/m0/s1. The van der Waals surface area contributed by atoms with Crippen LogP contribution in [0.1, 0.15) is 25.8 Å². The Morgan fingerprint density at radius 1 is 1.17 bits per heavy atom. The number of anilines is 2. The molecule has 0 spiro atoms. The summed E-state index contributed by atoms with van der Waals surface area (Å²) in [5.74, 6) is 0.809. The second-order valence-corrected chi connectivity index (χ2v) is 8.16. The number of aromatic nitrogens is 2. The van der Waals surface area contributed by atoms with Gasteiger partial charge in [-0.25, -0.2) is 4.79 Å². The van der Waals surface area contributed by atoms with Crippen molar-refractivity contribution in [3.05, 3.63) is 56.7 Å². The Balaban J connectivity index is 1.85. The van der Waals surface area contributed by atoms with Gasteiger partial charge >= 0.3 is 5.69 Å². The van der Waals surface area contributed by atoms with E-state index >= 15 is 0 Å². The maximum Gasteiger partial charge on any atom is 0.330 e. The number of nitrogens with zero attached hydrogens (tertiary/aromatic N) is 3. The average Bonchev–Trinajstić information content (AvgIpc) is 2.65. The first-order valence-corrected chi connectivity index (χ1v) is 9.91. The van der Waals surface area contributed by atoms with Gasteiger partial charge < -0.3 is 10.6 Å². The van der Waals surface area contributed by atoms with E-state index in [0.29, 0.717) is 11.8 Å². The fraction of sp³-hybridized carbons (Fsp3) is 0.476. The molecule has 8 heteroatoms. The smallest absolute Gasteiger partial charge is 0.330 e. The molecular weight excluding hydrogens is 370 g/mol. The molecule has 2 atom stereocenters. The molecule has 8 nitrogen and oxygen atoms in total. The highest BCUT2D eigenvalue weighted by atomic mass is 16.2. The predicted molar refractivity (Wildman–Crippen MR) is 114 cm³/mol. The van der Waals surface area contributed by atoms with E-state index in [1.54, 1.807) is 0 Å². The van der Waals surface area contributed by atoms with Gasteiger partial charge in [-0.15, -0.1) is 0 Å². The van der Waals surface area contributed by atoms with Crippen LogP contribution < -0.4 is 21.9 Å². The number of nitrogens with two attached hydrogens (primary N) is 1. The zero-order chi connectivity index (χ0) is 21.1. The third-order valence-electron chi connectivity index (χ3n) is 5.41. The minimum atomic E-state index is -0.659. The largest absolute Gasteiger partial charge is 0.383 e. The average molecular weight is 399 g/mol. The van der Waals surface area contributed by atoms with Crippen LogP contribution >= 0.6 is 0 Å². The molecule has 2 heterocycles. The number of piperidine rings is 1. The summed E-state index contributed by atoms with van der Waals surface area (Å²) in [6, 6.07) is 9.33. The van der Waals surface area contributed by atoms with Gasteiger partial charge in [0.1, 0.15) is 5.82 Å². The van der Waals surface area contributed by atoms with E-state index in [9.17, 15) is 14.4 Å². The highest BCUT2D eigenvalue weighted by molar-refractivity contribution is 5.96. The Morgan fingerprint density at radius 2 is 1.79 bits per heavy atom. The number of nitrogens with one attached hydrogen (secondary N) is 1. The van der Waals surface area contributed by atoms with Gasteiger partial charge in [0.15, 0.2) is 5.69 Å². The van der Waals surface area contributed by atoms with Crippen molar-refractivity contribution in [1.29, 1.82) is 0 Å². The second kappa shape index (κ2) is 8.65. The van der Waals surface area contributed by atoms with Crippen LogP contribution in [0.5, 0.6) is 0 Å². The summed E-state index contributed by atoms with van der Waals surface area (Å²) in [4.78, 5) is 43.3. The molecule has 0 unspecified atom stereocenters. The number of rotatable bonds is 5. The second-order valence-electron chi connectivity index (χ2n) is 8.16. The lowest BCUT2D eigenvalue weighted by atomic mass is 9.92. The molecule has 1 aromatic heterocycles. The van der Waals surface area contributed by atoms with Crippen LogP contribution in [0.25, 0.3) is 0 Å². The quantitative estimate of drug-likeness (QED) is 0.784. The van der Waals surface area contributed by atoms with Crippen molar-refractivity contribution >= 4 is 17.4 Å². The molecule has 1 amide bonds. The van der Waals surface area contributed by atoms with Crippen molar-refractivity contribution < 1.29 is 4.79 Å². The molecule has 156 valence electrons. The molecular formula is C21H29N5O3. The summed E-state index contributed by atoms with van der Waals surface area (Å²) in [6.07, 6.45) is 1.15. The molecule has 3 rings (SSSR count). The van der Waals surface area contributed by atoms with E-state index in [-0.39, 0.29) is 30.5 Å². The molecule has 3 N–H and O–H groups in total. The van der Waals surface area contributed by atoms with Gasteiger partial charge in [-0.3, -0.25) is 24.0 Å². The maximum atomic E-state index is 12.9. The number of hydrogen-bond donors (Lipinski definition) is 2. The lowest BCUT2D eigenvalue weighted by molar-refractivity contribution is -0.120. The number of likely N-dealkylation sites (tertiary alicyclic amines) is 1. The van der Waals surface area contributed by atoms with Crippen LogP contribution in [0.4, 0.5) is 11.5 Å². The molecule has 1 fully saturated rings. The minimum Gasteiger partial charge on any atom is -0.383 e. The fourth-order valence-corrected chi connectivity index (χ4v) is 4.17. The van der Waals surface area contributed by atoms with Crippen molar-refractivity contribution in [3.63, 3.8) is 0 Å². The van der Waals surface area contributed by atoms with E-state index in [1.807, 2.05) is 30.3 Å². The van der Waals surface area contributed by atoms with Crippen LogP contribution in [0.2, 0.25) is 0 Å². The first-order valence-electron chi connectivity index (χ1n) is 9.91. The Morgan fingerprint density at radius 3 is 2.41 bits per heavy atom. The molecule has 1 aliphatic heterocycles. The molecule has 1 saturated heterocycles. The monoisotopic (exact) mass is 399 g/mol. The maximum absolute atomic E-state index is 12.9. The van der Waals surface area contributed by atoms with Crippen LogP contribution in [-0.2, 0) is 11.3 Å². The third kappa shape index (κ3) is 4.76. The van der Waals surface area contributed by atoms with Crippen molar-refractivity contribution in [3.8, 4) is 0 Å². The van der Waals surface area contributed by atoms with Crippen LogP contribution in [0.15, 0.2) is 39.9 Å². The number of carbonyl (C=O) groups is 1. The summed E-state index contributed by atoms with van der Waals surface area (Å²) >= 11 is 0. The number of hydrogen-bond acceptors (Lipinski definition) is 5. The Kier molecular flexibility index (Phi) is 6.22. The molecule has 0 aliphatic carbocycles. The van der Waals surface area contributed by atoms with Gasteiger partial charge in [-0.05, 0) is 23.8 Å². The van der Waals surface area contributed by atoms with Crippen LogP contribution in [-0.4, -0.2) is 47.0 Å². The molecule has 0 bridgehead atoms. The Hall–Kier alpha value is -2.87. The van der Waals surface area contributed by atoms with Gasteiger partial charge in [0, 0.05) is 20.1 Å². The number of nitrogen functional groups attached to an aromatic ring is 1. The van der Waals surface area contributed by atoms with Gasteiger partial charge in [0.2, 0.25) is 5.91 Å². The zero-order valence-electron chi connectivity index (χ0n) is 17.2. The number of benzene rings is 1. The number of H-pyrrole nitrogens is 1. The van der Waals surface area contributed by atoms with E-state index in [4.69, 9.17) is 5.73 Å². The Bertz CT molecular complexity index is 972. The van der Waals surface area contributed by atoms with Crippen LogP contribution in [0.3, 0.4) is 0 Å². The van der Waals surface area contributed by atoms with Crippen LogP contribution in [0, 0.1) is 11.8 Å². The summed E-state index contributed by atoms with van der Waals surface area (Å²) in [5.41, 5.74) is 5.80. The first-order chi connectivity index (χ1) is 13.8. The van der Waals surface area contributed by atoms with E-state index in [2.05, 4.69) is 23.7 Å². The summed E-state index contributed by atoms with van der Waals surface area (Å²) in [7, 11) is 1.53. The predicted octanol–water partition coefficient (Wildman–Crippen LogP) is 1.11. The van der Waals surface area contributed by atoms with Crippen molar-refractivity contribution in [2.75, 3.05) is 37.3 Å². The van der Waals surface area contributed by atoms with Crippen molar-refractivity contribution in [2.24, 2.45) is 11.8 Å². The van der Waals surface area contributed by atoms with Gasteiger partial charge in [-0.1, -0.05) is 44.2 Å². The Labute approximate surface area is 169 Å². The summed E-state index contributed by atoms with van der Waals surface area (Å²) in [5, 5.41) is 0. The topological polar surface area (TPSA) is 104 Å². The van der Waals surface area contributed by atoms with Gasteiger partial charge in [0.05, 0.1) is 13.1 Å². The normalized spacial score (nSPS) is 19.8. The molecule has 0 saturated carbocycles. The highest BCUT2D eigenvalue weighted by Gasteiger charge is 2.26. The van der Waals surface area contributed by atoms with E-state index in [0.717, 1.165) is 25.1 Å². The molecule has 1 aliphatic rings. The van der Waals surface area contributed by atoms with Gasteiger partial charge in [-0.2, -0.15) is 0 Å². The van der Waals surface area contributed by atoms with Crippen molar-refractivity contribution in [2.45, 2.75) is 26.8 Å². The molecule has 0 radical (unpaired) electrons. The lowest BCUT2D eigenvalue weighted by Gasteiger charge is -2.35. The highest BCUT2D eigenvalue weighted by Crippen LogP contribution is 2.22. The minimum absolute atomic E-state index is 0.00337. The van der Waals surface area contributed by atoms with E-state index in [1.165, 1.54) is 16.5 Å². The van der Waals surface area contributed by atoms with Crippen molar-refractivity contribution in [1.82, 2.24) is 14.5 Å². The number of likely N-dealkylation sites (N-methyl/N-ethyl adjacent to an activating group) is 1. The molecule has 1 aromatic carbocycles. The molecule has 2 aromatic rings. The van der Waals surface area contributed by atoms with Gasteiger partial charge in [0.25, 0.3) is 5.56 Å². The fourth-order valence-electron chi connectivity index (χ4n) is 4.17. The lowest BCUT2D eigenvalue weighted by Crippen LogP contribution is -2.47. The number of aromatic amines is 1. The first kappa shape index (κ1) is 20.9. The third-order valence-corrected chi connectivity index (χ3v) is 5.41. The number of amides is 1. The summed E-state index contributed by atoms with van der Waals surface area (Å²) in [6.45, 7) is 6.48. The molecule has 29 heavy (non-hydrogen) atoms. The number of carbonyl (C=O) groups excluding carboxylic acids is 1.